The van der Waals surface area contributed by atoms with Gasteiger partial charge >= 0.3 is 0 Å². The van der Waals surface area contributed by atoms with Crippen molar-refractivity contribution in [3.05, 3.63) is 40.2 Å². The fraction of sp³-hybridized carbons (Fsp3) is 0.100. The van der Waals surface area contributed by atoms with Gasteiger partial charge in [0.25, 0.3) is 5.69 Å². The summed E-state index contributed by atoms with van der Waals surface area (Å²) < 4.78 is 22.9. The van der Waals surface area contributed by atoms with Gasteiger partial charge in [-0.05, 0) is 19.1 Å². The number of aryl methyl sites for hydroxylation is 1. The molecule has 18 heavy (non-hydrogen) atoms. The van der Waals surface area contributed by atoms with Gasteiger partial charge in [0.15, 0.2) is 0 Å². The largest absolute Gasteiger partial charge is 0.278 e. The topological polar surface area (TPSA) is 116 Å². The van der Waals surface area contributed by atoms with E-state index in [9.17, 15) is 18.5 Å². The Labute approximate surface area is 102 Å². The summed E-state index contributed by atoms with van der Waals surface area (Å²) in [6.45, 7) is 1.66. The van der Waals surface area contributed by atoms with Crippen LogP contribution in [0.5, 0.6) is 0 Å². The third kappa shape index (κ3) is 2.03. The number of aromatic nitrogens is 1. The van der Waals surface area contributed by atoms with E-state index in [-0.39, 0.29) is 21.4 Å². The highest BCUT2D eigenvalue weighted by atomic mass is 32.2. The molecular formula is C10H9N3O4S. The first-order valence-corrected chi connectivity index (χ1v) is 6.42. The first kappa shape index (κ1) is 12.4. The number of nitro benzene ring substituents is 1. The Balaban J connectivity index is 2.98. The minimum atomic E-state index is -3.94. The van der Waals surface area contributed by atoms with Crippen molar-refractivity contribution in [3.8, 4) is 0 Å². The molecule has 0 bridgehead atoms. The molecule has 0 saturated carbocycles. The summed E-state index contributed by atoms with van der Waals surface area (Å²) in [6, 6.07) is 3.70. The van der Waals surface area contributed by atoms with Crippen molar-refractivity contribution in [2.75, 3.05) is 0 Å². The first-order valence-electron chi connectivity index (χ1n) is 4.87. The van der Waals surface area contributed by atoms with Gasteiger partial charge in [0.05, 0.1) is 15.2 Å². The van der Waals surface area contributed by atoms with Crippen molar-refractivity contribution in [1.29, 1.82) is 0 Å². The van der Waals surface area contributed by atoms with Gasteiger partial charge in [-0.1, -0.05) is 0 Å². The molecule has 0 aliphatic rings. The van der Waals surface area contributed by atoms with Crippen LogP contribution in [0.2, 0.25) is 0 Å². The van der Waals surface area contributed by atoms with Crippen LogP contribution in [-0.4, -0.2) is 18.3 Å². The number of hydrogen-bond acceptors (Lipinski definition) is 5. The molecule has 0 spiro atoms. The summed E-state index contributed by atoms with van der Waals surface area (Å²) >= 11 is 0. The highest BCUT2D eigenvalue weighted by Crippen LogP contribution is 2.30. The van der Waals surface area contributed by atoms with Crippen molar-refractivity contribution in [2.24, 2.45) is 5.14 Å². The molecule has 1 aromatic heterocycles. The Morgan fingerprint density at radius 1 is 1.33 bits per heavy atom. The summed E-state index contributed by atoms with van der Waals surface area (Å²) in [4.78, 5) is 14.1. The van der Waals surface area contributed by atoms with Gasteiger partial charge < -0.3 is 0 Å². The molecule has 0 aliphatic heterocycles. The van der Waals surface area contributed by atoms with Crippen molar-refractivity contribution < 1.29 is 13.3 Å². The zero-order valence-electron chi connectivity index (χ0n) is 9.32. The SMILES string of the molecule is Cc1cc2c(S(N)(=O)=O)ccc([N+](=O)[O-])c2cn1. The molecule has 0 aliphatic carbocycles. The van der Waals surface area contributed by atoms with E-state index in [0.29, 0.717) is 5.69 Å². The van der Waals surface area contributed by atoms with Gasteiger partial charge in [-0.3, -0.25) is 15.1 Å². The van der Waals surface area contributed by atoms with Crippen LogP contribution in [0, 0.1) is 17.0 Å². The zero-order valence-corrected chi connectivity index (χ0v) is 10.1. The fourth-order valence-electron chi connectivity index (χ4n) is 1.71. The lowest BCUT2D eigenvalue weighted by atomic mass is 10.1. The number of nitro groups is 1. The molecule has 0 amide bonds. The number of rotatable bonds is 2. The van der Waals surface area contributed by atoms with Gasteiger partial charge in [-0.2, -0.15) is 0 Å². The highest BCUT2D eigenvalue weighted by Gasteiger charge is 2.19. The van der Waals surface area contributed by atoms with Crippen LogP contribution in [0.1, 0.15) is 5.69 Å². The third-order valence-corrected chi connectivity index (χ3v) is 3.45. The van der Waals surface area contributed by atoms with Gasteiger partial charge in [-0.15, -0.1) is 0 Å². The van der Waals surface area contributed by atoms with Crippen molar-refractivity contribution in [3.63, 3.8) is 0 Å². The Kier molecular flexibility index (Phi) is 2.76. The highest BCUT2D eigenvalue weighted by molar-refractivity contribution is 7.89. The molecule has 1 aromatic carbocycles. The second kappa shape index (κ2) is 4.00. The van der Waals surface area contributed by atoms with E-state index in [2.05, 4.69) is 4.98 Å². The Morgan fingerprint density at radius 2 is 2.00 bits per heavy atom. The number of hydrogen-bond donors (Lipinski definition) is 1. The number of fused-ring (bicyclic) bond motifs is 1. The average Bonchev–Trinajstić information content (AvgIpc) is 2.25. The van der Waals surface area contributed by atoms with Crippen molar-refractivity contribution in [2.45, 2.75) is 11.8 Å². The normalized spacial score (nSPS) is 11.7. The molecule has 0 atom stereocenters. The quantitative estimate of drug-likeness (QED) is 0.646. The summed E-state index contributed by atoms with van der Waals surface area (Å²) in [7, 11) is -3.94. The summed E-state index contributed by atoms with van der Waals surface area (Å²) in [6.07, 6.45) is 1.28. The number of benzene rings is 1. The maximum atomic E-state index is 11.4. The molecule has 2 rings (SSSR count). The van der Waals surface area contributed by atoms with Crippen LogP contribution >= 0.6 is 0 Å². The van der Waals surface area contributed by atoms with Crippen LogP contribution in [0.4, 0.5) is 5.69 Å². The number of nitrogens with two attached hydrogens (primary N) is 1. The van der Waals surface area contributed by atoms with E-state index < -0.39 is 14.9 Å². The first-order chi connectivity index (χ1) is 8.30. The van der Waals surface area contributed by atoms with Gasteiger partial charge in [0.2, 0.25) is 10.0 Å². The smallest absolute Gasteiger partial charge is 0.261 e. The minimum absolute atomic E-state index is 0.145. The lowest BCUT2D eigenvalue weighted by molar-refractivity contribution is -0.383. The number of pyridine rings is 1. The number of primary sulfonamides is 1. The molecule has 0 saturated heterocycles. The van der Waals surface area contributed by atoms with Gasteiger partial charge in [-0.25, -0.2) is 13.6 Å². The molecular weight excluding hydrogens is 258 g/mol. The molecule has 2 aromatic rings. The molecule has 8 heteroatoms. The Morgan fingerprint density at radius 3 is 2.56 bits per heavy atom. The molecule has 7 nitrogen and oxygen atoms in total. The zero-order chi connectivity index (χ0) is 13.5. The molecule has 2 N–H and O–H groups in total. The van der Waals surface area contributed by atoms with E-state index in [1.165, 1.54) is 12.3 Å². The molecule has 0 radical (unpaired) electrons. The van der Waals surface area contributed by atoms with Gasteiger partial charge in [0.1, 0.15) is 0 Å². The predicted octanol–water partition coefficient (Wildman–Crippen LogP) is 1.10. The lowest BCUT2D eigenvalue weighted by Crippen LogP contribution is -2.13. The Hall–Kier alpha value is -2.06. The number of sulfonamides is 1. The average molecular weight is 267 g/mol. The van der Waals surface area contributed by atoms with Crippen LogP contribution in [-0.2, 0) is 10.0 Å². The minimum Gasteiger partial charge on any atom is -0.261 e. The molecule has 0 unspecified atom stereocenters. The summed E-state index contributed by atoms with van der Waals surface area (Å²) in [5.74, 6) is 0. The standard InChI is InChI=1S/C10H9N3O4S/c1-6-4-7-8(5-12-6)9(13(14)15)2-3-10(7)18(11,16)17/h2-5H,1H3,(H2,11,16,17). The maximum Gasteiger partial charge on any atom is 0.278 e. The van der Waals surface area contributed by atoms with Crippen LogP contribution in [0.3, 0.4) is 0 Å². The monoisotopic (exact) mass is 267 g/mol. The van der Waals surface area contributed by atoms with Crippen molar-refractivity contribution in [1.82, 2.24) is 4.98 Å². The van der Waals surface area contributed by atoms with E-state index in [0.717, 1.165) is 12.1 Å². The maximum absolute atomic E-state index is 11.4. The van der Waals surface area contributed by atoms with Crippen LogP contribution < -0.4 is 5.14 Å². The van der Waals surface area contributed by atoms with Crippen LogP contribution in [0.15, 0.2) is 29.3 Å². The molecule has 94 valence electrons. The van der Waals surface area contributed by atoms with Gasteiger partial charge in [0, 0.05) is 23.3 Å². The second-order valence-corrected chi connectivity index (χ2v) is 5.29. The number of nitrogens with zero attached hydrogens (tertiary/aromatic N) is 2. The lowest BCUT2D eigenvalue weighted by Gasteiger charge is -2.05. The van der Waals surface area contributed by atoms with E-state index in [1.807, 2.05) is 0 Å². The summed E-state index contributed by atoms with van der Waals surface area (Å²) in [5, 5.41) is 16.3. The predicted molar refractivity (Wildman–Crippen MR) is 64.5 cm³/mol. The Bertz CT molecular complexity index is 755. The molecule has 1 heterocycles. The second-order valence-electron chi connectivity index (χ2n) is 3.76. The molecule has 0 fully saturated rings. The van der Waals surface area contributed by atoms with E-state index in [1.54, 1.807) is 6.92 Å². The number of non-ortho nitro benzene ring substituents is 1. The fourth-order valence-corrected chi connectivity index (χ4v) is 2.44. The summed E-state index contributed by atoms with van der Waals surface area (Å²) in [5.41, 5.74) is 0.345. The third-order valence-electron chi connectivity index (χ3n) is 2.48. The van der Waals surface area contributed by atoms with Crippen molar-refractivity contribution >= 4 is 26.5 Å². The van der Waals surface area contributed by atoms with Crippen LogP contribution in [0.25, 0.3) is 10.8 Å². The van der Waals surface area contributed by atoms with E-state index >= 15 is 0 Å². The van der Waals surface area contributed by atoms with E-state index in [4.69, 9.17) is 5.14 Å².